The summed E-state index contributed by atoms with van der Waals surface area (Å²) in [5, 5.41) is 12.4. The number of hydrogen-bond acceptors (Lipinski definition) is 5. The van der Waals surface area contributed by atoms with E-state index in [9.17, 15) is 14.7 Å². The molecule has 136 valence electrons. The minimum atomic E-state index is -0.497. The Morgan fingerprint density at radius 1 is 1.48 bits per heavy atom. The Morgan fingerprint density at radius 2 is 2.24 bits per heavy atom. The van der Waals surface area contributed by atoms with Crippen molar-refractivity contribution in [2.75, 3.05) is 13.2 Å². The lowest BCUT2D eigenvalue weighted by molar-refractivity contribution is -0.131. The summed E-state index contributed by atoms with van der Waals surface area (Å²) in [5.74, 6) is -0.824. The van der Waals surface area contributed by atoms with Crippen LogP contribution in [-0.2, 0) is 14.3 Å². The zero-order valence-electron chi connectivity index (χ0n) is 14.9. The average Bonchev–Trinajstić information content (AvgIpc) is 3.24. The molecule has 0 aromatic carbocycles. The van der Waals surface area contributed by atoms with E-state index in [2.05, 4.69) is 0 Å². The second-order valence-corrected chi connectivity index (χ2v) is 8.19. The highest BCUT2D eigenvalue weighted by Crippen LogP contribution is 2.42. The molecule has 1 aromatic rings. The number of carbonyl (C=O) groups excluding carboxylic acids is 2. The van der Waals surface area contributed by atoms with Crippen molar-refractivity contribution in [1.82, 2.24) is 4.90 Å². The molecule has 2 aliphatic rings. The van der Waals surface area contributed by atoms with Crippen molar-refractivity contribution in [3.05, 3.63) is 33.2 Å². The average molecular weight is 363 g/mol. The fraction of sp³-hybridized carbons (Fsp3) is 0.579. The second-order valence-electron chi connectivity index (χ2n) is 7.25. The van der Waals surface area contributed by atoms with Crippen LogP contribution in [0.1, 0.15) is 49.6 Å². The highest BCUT2D eigenvalue weighted by atomic mass is 32.1. The predicted octanol–water partition coefficient (Wildman–Crippen LogP) is 3.55. The minimum Gasteiger partial charge on any atom is -0.503 e. The number of rotatable bonds is 6. The van der Waals surface area contributed by atoms with Gasteiger partial charge in [-0.25, -0.2) is 0 Å². The van der Waals surface area contributed by atoms with Crippen molar-refractivity contribution in [1.29, 1.82) is 0 Å². The molecular weight excluding hydrogens is 338 g/mol. The van der Waals surface area contributed by atoms with Gasteiger partial charge in [-0.1, -0.05) is 13.8 Å². The van der Waals surface area contributed by atoms with Gasteiger partial charge in [0.1, 0.15) is 0 Å². The number of aryl methyl sites for hydroxylation is 1. The number of hydrogen-bond donors (Lipinski definition) is 1. The zero-order valence-corrected chi connectivity index (χ0v) is 15.8. The van der Waals surface area contributed by atoms with Gasteiger partial charge in [0.15, 0.2) is 11.5 Å². The van der Waals surface area contributed by atoms with E-state index in [1.54, 1.807) is 4.90 Å². The number of Topliss-reactive ketones (excluding diaryl/α,β-unsaturated/α-hetero) is 1. The van der Waals surface area contributed by atoms with Gasteiger partial charge < -0.3 is 14.7 Å². The number of ketones is 1. The molecule has 0 saturated carbocycles. The molecule has 3 rings (SSSR count). The van der Waals surface area contributed by atoms with E-state index in [-0.39, 0.29) is 29.1 Å². The number of carbonyl (C=O) groups is 2. The number of aliphatic hydroxyl groups is 1. The fourth-order valence-electron chi connectivity index (χ4n) is 3.55. The van der Waals surface area contributed by atoms with Crippen LogP contribution in [0.3, 0.4) is 0 Å². The Bertz CT molecular complexity index is 700. The van der Waals surface area contributed by atoms with Gasteiger partial charge in [-0.15, -0.1) is 11.3 Å². The van der Waals surface area contributed by atoms with Gasteiger partial charge in [-0.05, 0) is 42.7 Å². The summed E-state index contributed by atoms with van der Waals surface area (Å²) in [6.45, 7) is 7.00. The van der Waals surface area contributed by atoms with E-state index in [0.717, 1.165) is 23.3 Å². The molecule has 1 amide bonds. The highest BCUT2D eigenvalue weighted by Gasteiger charge is 2.45. The standard InChI is InChI=1S/C19H25NO4S/c1-11(2)9-14(21)15-16(18-12(3)6-8-25-18)20(19(23)17(15)22)10-13-5-4-7-24-13/h6,8,11,13,16,22H,4-5,7,9-10H2,1-3H3. The minimum absolute atomic E-state index is 0.0286. The first-order chi connectivity index (χ1) is 11.9. The van der Waals surface area contributed by atoms with E-state index < -0.39 is 11.9 Å². The normalized spacial score (nSPS) is 24.0. The number of ether oxygens (including phenoxy) is 1. The van der Waals surface area contributed by atoms with Crippen LogP contribution in [0.5, 0.6) is 0 Å². The predicted molar refractivity (Wildman–Crippen MR) is 96.6 cm³/mol. The van der Waals surface area contributed by atoms with Crippen molar-refractivity contribution in [3.63, 3.8) is 0 Å². The lowest BCUT2D eigenvalue weighted by Gasteiger charge is -2.28. The highest BCUT2D eigenvalue weighted by molar-refractivity contribution is 7.10. The molecule has 2 aliphatic heterocycles. The summed E-state index contributed by atoms with van der Waals surface area (Å²) in [5.41, 5.74) is 1.28. The van der Waals surface area contributed by atoms with Gasteiger partial charge in [0.2, 0.25) is 0 Å². The van der Waals surface area contributed by atoms with Gasteiger partial charge in [0.05, 0.1) is 17.7 Å². The summed E-state index contributed by atoms with van der Waals surface area (Å²) in [6.07, 6.45) is 2.17. The molecule has 1 N–H and O–H groups in total. The Kier molecular flexibility index (Phi) is 5.29. The lowest BCUT2D eigenvalue weighted by atomic mass is 9.94. The van der Waals surface area contributed by atoms with Crippen molar-refractivity contribution in [2.45, 2.75) is 52.2 Å². The van der Waals surface area contributed by atoms with Crippen LogP contribution in [-0.4, -0.2) is 41.0 Å². The molecule has 5 nitrogen and oxygen atoms in total. The van der Waals surface area contributed by atoms with E-state index in [0.29, 0.717) is 19.6 Å². The first kappa shape index (κ1) is 18.1. The summed E-state index contributed by atoms with van der Waals surface area (Å²) in [4.78, 5) is 28.1. The zero-order chi connectivity index (χ0) is 18.1. The first-order valence-electron chi connectivity index (χ1n) is 8.83. The molecule has 0 spiro atoms. The van der Waals surface area contributed by atoms with E-state index in [1.165, 1.54) is 11.3 Å². The lowest BCUT2D eigenvalue weighted by Crippen LogP contribution is -2.37. The molecule has 1 saturated heterocycles. The van der Waals surface area contributed by atoms with Crippen LogP contribution in [0.25, 0.3) is 0 Å². The van der Waals surface area contributed by atoms with Crippen LogP contribution in [0.2, 0.25) is 0 Å². The summed E-state index contributed by atoms with van der Waals surface area (Å²) < 4.78 is 5.68. The second kappa shape index (κ2) is 7.30. The maximum Gasteiger partial charge on any atom is 0.290 e. The molecule has 6 heteroatoms. The van der Waals surface area contributed by atoms with Gasteiger partial charge in [-0.2, -0.15) is 0 Å². The summed E-state index contributed by atoms with van der Waals surface area (Å²) in [7, 11) is 0. The Balaban J connectivity index is 1.97. The Hall–Kier alpha value is -1.66. The van der Waals surface area contributed by atoms with E-state index in [4.69, 9.17) is 4.74 Å². The number of nitrogens with zero attached hydrogens (tertiary/aromatic N) is 1. The van der Waals surface area contributed by atoms with Crippen LogP contribution >= 0.6 is 11.3 Å². The third-order valence-electron chi connectivity index (χ3n) is 4.77. The molecular formula is C19H25NO4S. The smallest absolute Gasteiger partial charge is 0.290 e. The molecule has 2 atom stereocenters. The molecule has 3 heterocycles. The SMILES string of the molecule is Cc1ccsc1C1C(C(=O)CC(C)C)=C(O)C(=O)N1CC1CCCO1. The maximum atomic E-state index is 12.8. The number of thiophene rings is 1. The van der Waals surface area contributed by atoms with Crippen molar-refractivity contribution >= 4 is 23.0 Å². The van der Waals surface area contributed by atoms with Crippen LogP contribution in [0.15, 0.2) is 22.8 Å². The molecule has 1 fully saturated rings. The molecule has 2 unspecified atom stereocenters. The van der Waals surface area contributed by atoms with E-state index in [1.807, 2.05) is 32.2 Å². The first-order valence-corrected chi connectivity index (χ1v) is 9.71. The van der Waals surface area contributed by atoms with Crippen molar-refractivity contribution in [3.8, 4) is 0 Å². The third kappa shape index (κ3) is 3.51. The maximum absolute atomic E-state index is 12.8. The van der Waals surface area contributed by atoms with Crippen molar-refractivity contribution < 1.29 is 19.4 Å². The molecule has 0 aliphatic carbocycles. The topological polar surface area (TPSA) is 66.8 Å². The van der Waals surface area contributed by atoms with Gasteiger partial charge in [-0.3, -0.25) is 9.59 Å². The summed E-state index contributed by atoms with van der Waals surface area (Å²) in [6, 6.07) is 1.48. The fourth-order valence-corrected chi connectivity index (χ4v) is 4.60. The number of amides is 1. The molecule has 25 heavy (non-hydrogen) atoms. The van der Waals surface area contributed by atoms with Crippen molar-refractivity contribution in [2.24, 2.45) is 5.92 Å². The van der Waals surface area contributed by atoms with Crippen LogP contribution in [0, 0.1) is 12.8 Å². The Labute approximate surface area is 152 Å². The van der Waals surface area contributed by atoms with Gasteiger partial charge in [0, 0.05) is 24.4 Å². The third-order valence-corrected chi connectivity index (χ3v) is 5.84. The molecule has 0 bridgehead atoms. The van der Waals surface area contributed by atoms with E-state index >= 15 is 0 Å². The van der Waals surface area contributed by atoms with Crippen LogP contribution < -0.4 is 0 Å². The number of aliphatic hydroxyl groups excluding tert-OH is 1. The van der Waals surface area contributed by atoms with Gasteiger partial charge in [0.25, 0.3) is 5.91 Å². The summed E-state index contributed by atoms with van der Waals surface area (Å²) >= 11 is 1.52. The Morgan fingerprint density at radius 3 is 2.80 bits per heavy atom. The molecule has 1 aromatic heterocycles. The molecule has 0 radical (unpaired) electrons. The van der Waals surface area contributed by atoms with Crippen LogP contribution in [0.4, 0.5) is 0 Å². The quantitative estimate of drug-likeness (QED) is 0.839. The largest absolute Gasteiger partial charge is 0.503 e. The monoisotopic (exact) mass is 363 g/mol. The van der Waals surface area contributed by atoms with Gasteiger partial charge >= 0.3 is 0 Å².